The van der Waals surface area contributed by atoms with Crippen molar-refractivity contribution >= 4 is 5.97 Å². The van der Waals surface area contributed by atoms with Gasteiger partial charge in [0, 0.05) is 6.54 Å². The first-order valence-electron chi connectivity index (χ1n) is 2.47. The van der Waals surface area contributed by atoms with Crippen LogP contribution in [0.15, 0.2) is 0 Å². The maximum absolute atomic E-state index is 10.1. The van der Waals surface area contributed by atoms with Crippen LogP contribution < -0.4 is 11.6 Å². The monoisotopic (exact) mass is 134 g/mol. The molecule has 0 rings (SSSR count). The van der Waals surface area contributed by atoms with Crippen LogP contribution in [0.2, 0.25) is 0 Å². The molecule has 0 fully saturated rings. The normalized spacial score (nSPS) is 13.1. The van der Waals surface area contributed by atoms with Gasteiger partial charge in [-0.3, -0.25) is 4.79 Å². The lowest BCUT2D eigenvalue weighted by Gasteiger charge is -2.05. The van der Waals surface area contributed by atoms with Gasteiger partial charge in [0.25, 0.3) is 0 Å². The molecule has 9 heavy (non-hydrogen) atoms. The van der Waals surface area contributed by atoms with E-state index in [1.54, 1.807) is 0 Å². The molecule has 0 aromatic carbocycles. The van der Waals surface area contributed by atoms with Gasteiger partial charge in [-0.1, -0.05) is 0 Å². The molecular formula is C4H10N2O3. The molecule has 5 N–H and O–H groups in total. The minimum absolute atomic E-state index is 0.0359. The van der Waals surface area contributed by atoms with Crippen LogP contribution in [0.25, 0.3) is 0 Å². The molecule has 0 aliphatic carbocycles. The number of carboxylic acids is 1. The molecule has 0 saturated heterocycles. The summed E-state index contributed by atoms with van der Waals surface area (Å²) in [4.78, 5) is 14.2. The number of carboxylic acid groups (broad SMARTS) is 1. The molecule has 0 spiro atoms. The highest BCUT2D eigenvalue weighted by atomic mass is 16.6. The fourth-order valence-electron chi connectivity index (χ4n) is 0.356. The third-order valence-electron chi connectivity index (χ3n) is 0.931. The lowest BCUT2D eigenvalue weighted by Crippen LogP contribution is -2.28. The molecular weight excluding hydrogens is 124 g/mol. The van der Waals surface area contributed by atoms with Crippen molar-refractivity contribution in [2.45, 2.75) is 0 Å². The Hall–Kier alpha value is -0.650. The number of rotatable bonds is 4. The Morgan fingerprint density at radius 3 is 2.44 bits per heavy atom. The van der Waals surface area contributed by atoms with Gasteiger partial charge in [0.1, 0.15) is 0 Å². The minimum atomic E-state index is -0.983. The summed E-state index contributed by atoms with van der Waals surface area (Å²) in [6, 6.07) is 0. The number of carbonyl (C=O) groups is 1. The van der Waals surface area contributed by atoms with E-state index in [0.717, 1.165) is 0 Å². The summed E-state index contributed by atoms with van der Waals surface area (Å²) < 4.78 is 0. The molecule has 54 valence electrons. The second kappa shape index (κ2) is 4.25. The summed E-state index contributed by atoms with van der Waals surface area (Å²) in [5, 5.41) is 8.29. The van der Waals surface area contributed by atoms with Gasteiger partial charge in [0.15, 0.2) is 0 Å². The zero-order valence-electron chi connectivity index (χ0n) is 4.91. The van der Waals surface area contributed by atoms with Gasteiger partial charge in [-0.2, -0.15) is 0 Å². The Kier molecular flexibility index (Phi) is 3.94. The van der Waals surface area contributed by atoms with E-state index in [4.69, 9.17) is 10.8 Å². The highest BCUT2D eigenvalue weighted by molar-refractivity contribution is 5.70. The summed E-state index contributed by atoms with van der Waals surface area (Å²) in [6.45, 7) is 0.0123. The number of nitrogens with two attached hydrogens (primary N) is 2. The summed E-state index contributed by atoms with van der Waals surface area (Å²) in [5.74, 6) is 2.96. The molecule has 0 amide bonds. The van der Waals surface area contributed by atoms with Crippen LogP contribution in [0.4, 0.5) is 0 Å². The molecule has 1 atom stereocenters. The zero-order chi connectivity index (χ0) is 7.28. The summed E-state index contributed by atoms with van der Waals surface area (Å²) in [7, 11) is 0. The van der Waals surface area contributed by atoms with Gasteiger partial charge in [0.2, 0.25) is 0 Å². The predicted octanol–water partition coefficient (Wildman–Crippen LogP) is -1.46. The molecule has 0 aromatic heterocycles. The van der Waals surface area contributed by atoms with Crippen LogP contribution in [-0.4, -0.2) is 24.2 Å². The first-order chi connectivity index (χ1) is 4.22. The van der Waals surface area contributed by atoms with Crippen LogP contribution in [0.1, 0.15) is 0 Å². The lowest BCUT2D eigenvalue weighted by atomic mass is 10.2. The van der Waals surface area contributed by atoms with Crippen LogP contribution >= 0.6 is 0 Å². The van der Waals surface area contributed by atoms with Crippen LogP contribution in [0.5, 0.6) is 0 Å². The van der Waals surface area contributed by atoms with E-state index >= 15 is 0 Å². The average molecular weight is 134 g/mol. The van der Waals surface area contributed by atoms with Crippen molar-refractivity contribution in [3.8, 4) is 0 Å². The second-order valence-corrected chi connectivity index (χ2v) is 1.60. The van der Waals surface area contributed by atoms with E-state index in [-0.39, 0.29) is 13.2 Å². The third-order valence-corrected chi connectivity index (χ3v) is 0.931. The van der Waals surface area contributed by atoms with E-state index in [0.29, 0.717) is 0 Å². The quantitative estimate of drug-likeness (QED) is 0.408. The van der Waals surface area contributed by atoms with E-state index in [1.807, 2.05) is 0 Å². The first kappa shape index (κ1) is 8.35. The van der Waals surface area contributed by atoms with E-state index < -0.39 is 11.9 Å². The SMILES string of the molecule is NCC(CON)C(=O)O. The van der Waals surface area contributed by atoms with E-state index in [9.17, 15) is 4.79 Å². The van der Waals surface area contributed by atoms with Gasteiger partial charge < -0.3 is 15.7 Å². The summed E-state index contributed by atoms with van der Waals surface area (Å²) in [6.07, 6.45) is 0. The van der Waals surface area contributed by atoms with Crippen molar-refractivity contribution in [2.75, 3.05) is 13.2 Å². The molecule has 0 aromatic rings. The Morgan fingerprint density at radius 2 is 2.33 bits per heavy atom. The van der Waals surface area contributed by atoms with Gasteiger partial charge in [-0.25, -0.2) is 5.90 Å². The van der Waals surface area contributed by atoms with E-state index in [1.165, 1.54) is 0 Å². The molecule has 5 nitrogen and oxygen atoms in total. The van der Waals surface area contributed by atoms with E-state index in [2.05, 4.69) is 10.7 Å². The zero-order valence-corrected chi connectivity index (χ0v) is 4.91. The largest absolute Gasteiger partial charge is 0.481 e. The topological polar surface area (TPSA) is 98.6 Å². The Bertz CT molecular complexity index is 95.8. The first-order valence-corrected chi connectivity index (χ1v) is 2.47. The van der Waals surface area contributed by atoms with Crippen molar-refractivity contribution in [3.63, 3.8) is 0 Å². The molecule has 0 aliphatic heterocycles. The number of hydrogen-bond acceptors (Lipinski definition) is 4. The van der Waals surface area contributed by atoms with Crippen molar-refractivity contribution in [3.05, 3.63) is 0 Å². The average Bonchev–Trinajstić information content (AvgIpc) is 1.82. The Morgan fingerprint density at radius 1 is 1.78 bits per heavy atom. The number of aliphatic carboxylic acids is 1. The minimum Gasteiger partial charge on any atom is -0.481 e. The highest BCUT2D eigenvalue weighted by Gasteiger charge is 2.14. The predicted molar refractivity (Wildman–Crippen MR) is 30.3 cm³/mol. The van der Waals surface area contributed by atoms with Crippen molar-refractivity contribution in [1.82, 2.24) is 0 Å². The van der Waals surface area contributed by atoms with Crippen molar-refractivity contribution in [1.29, 1.82) is 0 Å². The van der Waals surface area contributed by atoms with Gasteiger partial charge in [-0.15, -0.1) is 0 Å². The Labute approximate surface area is 52.5 Å². The maximum Gasteiger partial charge on any atom is 0.310 e. The Balaban J connectivity index is 3.54. The van der Waals surface area contributed by atoms with Crippen LogP contribution in [-0.2, 0) is 9.63 Å². The molecule has 0 heterocycles. The smallest absolute Gasteiger partial charge is 0.310 e. The van der Waals surface area contributed by atoms with Gasteiger partial charge in [-0.05, 0) is 0 Å². The fraction of sp³-hybridized carbons (Fsp3) is 0.750. The van der Waals surface area contributed by atoms with Crippen LogP contribution in [0.3, 0.4) is 0 Å². The van der Waals surface area contributed by atoms with Gasteiger partial charge >= 0.3 is 5.97 Å². The molecule has 0 saturated carbocycles. The highest BCUT2D eigenvalue weighted by Crippen LogP contribution is 1.91. The van der Waals surface area contributed by atoms with Gasteiger partial charge in [0.05, 0.1) is 12.5 Å². The molecule has 0 bridgehead atoms. The maximum atomic E-state index is 10.1. The molecule has 1 unspecified atom stereocenters. The molecule has 0 aliphatic rings. The number of hydrogen-bond donors (Lipinski definition) is 3. The van der Waals surface area contributed by atoms with Crippen LogP contribution in [0, 0.1) is 5.92 Å². The standard InChI is InChI=1S/C4H10N2O3/c5-1-3(2-9-6)4(7)8/h3H,1-2,5-6H2,(H,7,8). The van der Waals surface area contributed by atoms with Crippen molar-refractivity contribution < 1.29 is 14.7 Å². The summed E-state index contributed by atoms with van der Waals surface area (Å²) >= 11 is 0. The fourth-order valence-corrected chi connectivity index (χ4v) is 0.356. The van der Waals surface area contributed by atoms with Crippen molar-refractivity contribution in [2.24, 2.45) is 17.5 Å². The molecule has 5 heteroatoms. The molecule has 0 radical (unpaired) electrons. The third kappa shape index (κ3) is 3.02. The lowest BCUT2D eigenvalue weighted by molar-refractivity contribution is -0.143. The summed E-state index contributed by atoms with van der Waals surface area (Å²) in [5.41, 5.74) is 5.04. The second-order valence-electron chi connectivity index (χ2n) is 1.60.